The normalized spacial score (nSPS) is 10.1. The van der Waals surface area contributed by atoms with Gasteiger partial charge in [-0.25, -0.2) is 4.79 Å². The van der Waals surface area contributed by atoms with Crippen LogP contribution in [0.3, 0.4) is 0 Å². The molecule has 0 atom stereocenters. The van der Waals surface area contributed by atoms with E-state index in [-0.39, 0.29) is 19.1 Å². The maximum absolute atomic E-state index is 11.9. The van der Waals surface area contributed by atoms with Crippen molar-refractivity contribution in [3.05, 3.63) is 46.7 Å². The fraction of sp³-hybridized carbons (Fsp3) is 0.294. The van der Waals surface area contributed by atoms with Crippen LogP contribution in [0.1, 0.15) is 4.88 Å². The molecule has 25 heavy (non-hydrogen) atoms. The average molecular weight is 363 g/mol. The van der Waals surface area contributed by atoms with Crippen LogP contribution >= 0.6 is 11.3 Å². The second-order valence-corrected chi connectivity index (χ2v) is 6.08. The van der Waals surface area contributed by atoms with Gasteiger partial charge < -0.3 is 20.1 Å². The molecule has 0 radical (unpaired) electrons. The van der Waals surface area contributed by atoms with Gasteiger partial charge in [-0.15, -0.1) is 11.3 Å². The number of rotatable bonds is 9. The molecule has 1 aromatic heterocycles. The van der Waals surface area contributed by atoms with Crippen molar-refractivity contribution in [3.8, 4) is 0 Å². The molecular weight excluding hydrogens is 342 g/mol. The summed E-state index contributed by atoms with van der Waals surface area (Å²) in [5.74, 6) is -0.106. The van der Waals surface area contributed by atoms with Crippen LogP contribution in [0, 0.1) is 0 Å². The Labute approximate surface area is 150 Å². The number of carbonyl (C=O) groups excluding carboxylic acids is 2. The molecule has 0 aliphatic heterocycles. The molecular formula is C17H21N3O4S. The van der Waals surface area contributed by atoms with Gasteiger partial charge in [0.25, 0.3) is 0 Å². The van der Waals surface area contributed by atoms with Crippen LogP contribution in [0.25, 0.3) is 0 Å². The molecule has 0 saturated heterocycles. The molecule has 0 aliphatic carbocycles. The van der Waals surface area contributed by atoms with E-state index in [4.69, 9.17) is 9.47 Å². The number of nitrogens with one attached hydrogen (secondary N) is 3. The highest BCUT2D eigenvalue weighted by atomic mass is 32.1. The van der Waals surface area contributed by atoms with Gasteiger partial charge in [0.05, 0.1) is 19.7 Å². The Bertz CT molecular complexity index is 676. The summed E-state index contributed by atoms with van der Waals surface area (Å²) in [6.45, 7) is 1.19. The molecule has 8 heteroatoms. The maximum Gasteiger partial charge on any atom is 0.411 e. The number of hydrogen-bond donors (Lipinski definition) is 3. The van der Waals surface area contributed by atoms with Crippen molar-refractivity contribution in [1.29, 1.82) is 0 Å². The van der Waals surface area contributed by atoms with Gasteiger partial charge >= 0.3 is 6.09 Å². The number of amides is 2. The lowest BCUT2D eigenvalue weighted by Gasteiger charge is -2.10. The molecule has 2 aromatic rings. The summed E-state index contributed by atoms with van der Waals surface area (Å²) in [5, 5.41) is 10.4. The topological polar surface area (TPSA) is 88.7 Å². The molecule has 3 N–H and O–H groups in total. The molecule has 0 unspecified atom stereocenters. The third-order valence-electron chi connectivity index (χ3n) is 3.12. The minimum atomic E-state index is -0.553. The monoisotopic (exact) mass is 363 g/mol. The molecule has 1 aromatic carbocycles. The first-order chi connectivity index (χ1) is 12.2. The fourth-order valence-corrected chi connectivity index (χ4v) is 2.57. The number of hydrogen-bond acceptors (Lipinski definition) is 6. The van der Waals surface area contributed by atoms with Crippen LogP contribution in [0.5, 0.6) is 0 Å². The Morgan fingerprint density at radius 2 is 1.96 bits per heavy atom. The van der Waals surface area contributed by atoms with Gasteiger partial charge in [0.2, 0.25) is 5.91 Å². The summed E-state index contributed by atoms with van der Waals surface area (Å²) in [6.07, 6.45) is -0.553. The first kappa shape index (κ1) is 18.8. The Kier molecular flexibility index (Phi) is 7.74. The van der Waals surface area contributed by atoms with E-state index in [1.165, 1.54) is 7.11 Å². The third-order valence-corrected chi connectivity index (χ3v) is 4.00. The smallest absolute Gasteiger partial charge is 0.411 e. The SMILES string of the molecule is COCCOC(=O)Nc1cccc(NCC(=O)NCc2cccs2)c1. The first-order valence-corrected chi connectivity index (χ1v) is 8.61. The quantitative estimate of drug-likeness (QED) is 0.596. The van der Waals surface area contributed by atoms with Crippen molar-refractivity contribution < 1.29 is 19.1 Å². The number of carbonyl (C=O) groups is 2. The zero-order valence-electron chi connectivity index (χ0n) is 13.9. The van der Waals surface area contributed by atoms with E-state index in [2.05, 4.69) is 16.0 Å². The molecule has 0 bridgehead atoms. The van der Waals surface area contributed by atoms with Crippen molar-refractivity contribution in [3.63, 3.8) is 0 Å². The summed E-state index contributed by atoms with van der Waals surface area (Å²) in [5.41, 5.74) is 1.30. The Hall–Kier alpha value is -2.58. The summed E-state index contributed by atoms with van der Waals surface area (Å²) in [4.78, 5) is 24.5. The van der Waals surface area contributed by atoms with E-state index in [1.54, 1.807) is 29.5 Å². The van der Waals surface area contributed by atoms with Crippen molar-refractivity contribution in [2.75, 3.05) is 37.5 Å². The predicted molar refractivity (Wildman–Crippen MR) is 97.9 cm³/mol. The van der Waals surface area contributed by atoms with Crippen LogP contribution < -0.4 is 16.0 Å². The largest absolute Gasteiger partial charge is 0.447 e. The zero-order chi connectivity index (χ0) is 17.9. The average Bonchev–Trinajstić information content (AvgIpc) is 3.12. The number of benzene rings is 1. The highest BCUT2D eigenvalue weighted by molar-refractivity contribution is 7.09. The fourth-order valence-electron chi connectivity index (χ4n) is 1.92. The Balaban J connectivity index is 1.74. The number of thiophene rings is 1. The van der Waals surface area contributed by atoms with E-state index < -0.39 is 6.09 Å². The Morgan fingerprint density at radius 3 is 2.72 bits per heavy atom. The molecule has 0 saturated carbocycles. The number of anilines is 2. The van der Waals surface area contributed by atoms with Crippen molar-refractivity contribution in [2.24, 2.45) is 0 Å². The second kappa shape index (κ2) is 10.3. The number of ether oxygens (including phenoxy) is 2. The van der Waals surface area contributed by atoms with E-state index in [0.717, 1.165) is 10.6 Å². The van der Waals surface area contributed by atoms with Crippen LogP contribution in [-0.2, 0) is 20.8 Å². The molecule has 1 heterocycles. The second-order valence-electron chi connectivity index (χ2n) is 5.04. The lowest BCUT2D eigenvalue weighted by Crippen LogP contribution is -2.29. The van der Waals surface area contributed by atoms with Crippen LogP contribution in [0.15, 0.2) is 41.8 Å². The standard InChI is InChI=1S/C17H21N3O4S/c1-23-7-8-24-17(22)20-14-5-2-4-13(10-14)18-12-16(21)19-11-15-6-3-9-25-15/h2-6,9-10,18H,7-8,11-12H2,1H3,(H,19,21)(H,20,22). The van der Waals surface area contributed by atoms with E-state index in [1.807, 2.05) is 23.6 Å². The van der Waals surface area contributed by atoms with Gasteiger partial charge in [0, 0.05) is 23.4 Å². The summed E-state index contributed by atoms with van der Waals surface area (Å²) in [7, 11) is 1.53. The minimum absolute atomic E-state index is 0.106. The maximum atomic E-state index is 11.9. The van der Waals surface area contributed by atoms with Gasteiger partial charge in [-0.05, 0) is 29.6 Å². The van der Waals surface area contributed by atoms with Crippen molar-refractivity contribution in [1.82, 2.24) is 5.32 Å². The van der Waals surface area contributed by atoms with Crippen molar-refractivity contribution >= 4 is 34.7 Å². The minimum Gasteiger partial charge on any atom is -0.447 e. The zero-order valence-corrected chi connectivity index (χ0v) is 14.7. The van der Waals surface area contributed by atoms with Crippen LogP contribution in [-0.4, -0.2) is 38.9 Å². The van der Waals surface area contributed by atoms with Crippen LogP contribution in [0.2, 0.25) is 0 Å². The third kappa shape index (κ3) is 7.23. The summed E-state index contributed by atoms with van der Waals surface area (Å²) >= 11 is 1.60. The summed E-state index contributed by atoms with van der Waals surface area (Å²) < 4.78 is 9.74. The van der Waals surface area contributed by atoms with E-state index in [0.29, 0.717) is 18.8 Å². The summed E-state index contributed by atoms with van der Waals surface area (Å²) in [6, 6.07) is 11.0. The van der Waals surface area contributed by atoms with E-state index >= 15 is 0 Å². The number of methoxy groups -OCH3 is 1. The van der Waals surface area contributed by atoms with E-state index in [9.17, 15) is 9.59 Å². The lowest BCUT2D eigenvalue weighted by atomic mass is 10.2. The van der Waals surface area contributed by atoms with Gasteiger partial charge in [-0.1, -0.05) is 12.1 Å². The molecule has 2 rings (SSSR count). The highest BCUT2D eigenvalue weighted by Gasteiger charge is 2.05. The highest BCUT2D eigenvalue weighted by Crippen LogP contribution is 2.15. The first-order valence-electron chi connectivity index (χ1n) is 7.73. The molecule has 2 amide bonds. The van der Waals surface area contributed by atoms with Gasteiger partial charge in [-0.3, -0.25) is 10.1 Å². The Morgan fingerprint density at radius 1 is 1.12 bits per heavy atom. The lowest BCUT2D eigenvalue weighted by molar-refractivity contribution is -0.119. The molecule has 7 nitrogen and oxygen atoms in total. The van der Waals surface area contributed by atoms with Crippen molar-refractivity contribution in [2.45, 2.75) is 6.54 Å². The van der Waals surface area contributed by atoms with Gasteiger partial charge in [0.1, 0.15) is 6.61 Å². The molecule has 134 valence electrons. The predicted octanol–water partition coefficient (Wildman–Crippen LogP) is 2.67. The molecule has 0 spiro atoms. The van der Waals surface area contributed by atoms with Gasteiger partial charge in [-0.2, -0.15) is 0 Å². The molecule has 0 aliphatic rings. The molecule has 0 fully saturated rings. The van der Waals surface area contributed by atoms with Crippen LogP contribution in [0.4, 0.5) is 16.2 Å². The van der Waals surface area contributed by atoms with Gasteiger partial charge in [0.15, 0.2) is 0 Å².